The molecule has 0 bridgehead atoms. The van der Waals surface area contributed by atoms with Crippen molar-refractivity contribution in [3.8, 4) is 0 Å². The Labute approximate surface area is 121 Å². The first kappa shape index (κ1) is 15.4. The molecule has 1 aromatic carbocycles. The first-order valence-electron chi connectivity index (χ1n) is 6.80. The number of ether oxygens (including phenoxy) is 1. The largest absolute Gasteiger partial charge is 0.467 e. The number of rotatable bonds is 6. The van der Waals surface area contributed by atoms with Gasteiger partial charge in [-0.25, -0.2) is 13.6 Å². The zero-order chi connectivity index (χ0) is 15.4. The molecule has 0 radical (unpaired) electrons. The van der Waals surface area contributed by atoms with Gasteiger partial charge in [-0.2, -0.15) is 0 Å². The van der Waals surface area contributed by atoms with Gasteiger partial charge in [0.1, 0.15) is 6.04 Å². The second-order valence-corrected chi connectivity index (χ2v) is 5.25. The van der Waals surface area contributed by atoms with E-state index >= 15 is 0 Å². The molecule has 1 amide bonds. The normalized spacial score (nSPS) is 15.4. The van der Waals surface area contributed by atoms with E-state index in [2.05, 4.69) is 10.1 Å². The third-order valence-corrected chi connectivity index (χ3v) is 3.44. The molecule has 6 heteroatoms. The smallest absolute Gasteiger partial charge is 0.328 e. The quantitative estimate of drug-likeness (QED) is 0.817. The average Bonchev–Trinajstić information content (AvgIpc) is 3.25. The highest BCUT2D eigenvalue weighted by Gasteiger charge is 2.30. The van der Waals surface area contributed by atoms with Crippen molar-refractivity contribution in [2.24, 2.45) is 5.92 Å². The van der Waals surface area contributed by atoms with E-state index in [1.165, 1.54) is 13.2 Å². The van der Waals surface area contributed by atoms with E-state index < -0.39 is 29.6 Å². The topological polar surface area (TPSA) is 55.4 Å². The third kappa shape index (κ3) is 4.51. The second-order valence-electron chi connectivity index (χ2n) is 5.25. The van der Waals surface area contributed by atoms with Crippen molar-refractivity contribution in [1.82, 2.24) is 5.32 Å². The molecule has 0 unspecified atom stereocenters. The second kappa shape index (κ2) is 6.65. The molecule has 1 N–H and O–H groups in total. The molecule has 1 aromatic rings. The minimum Gasteiger partial charge on any atom is -0.467 e. The third-order valence-electron chi connectivity index (χ3n) is 3.44. The fraction of sp³-hybridized carbons (Fsp3) is 0.467. The summed E-state index contributed by atoms with van der Waals surface area (Å²) in [7, 11) is 1.27. The van der Waals surface area contributed by atoms with Crippen LogP contribution in [0.4, 0.5) is 8.78 Å². The molecule has 0 heterocycles. The van der Waals surface area contributed by atoms with Gasteiger partial charge in [0, 0.05) is 0 Å². The Kier molecular flexibility index (Phi) is 4.88. The SMILES string of the molecule is COC(=O)[C@H](CC1CC1)NC(=O)Cc1ccc(F)c(F)c1. The predicted molar refractivity (Wildman–Crippen MR) is 71.3 cm³/mol. The Morgan fingerprint density at radius 3 is 2.62 bits per heavy atom. The van der Waals surface area contributed by atoms with Crippen molar-refractivity contribution >= 4 is 11.9 Å². The molecule has 1 fully saturated rings. The predicted octanol–water partition coefficient (Wildman–Crippen LogP) is 1.97. The van der Waals surface area contributed by atoms with Gasteiger partial charge in [-0.05, 0) is 30.0 Å². The van der Waals surface area contributed by atoms with Gasteiger partial charge < -0.3 is 10.1 Å². The summed E-state index contributed by atoms with van der Waals surface area (Å²) < 4.78 is 30.5. The maximum atomic E-state index is 13.1. The molecule has 4 nitrogen and oxygen atoms in total. The Morgan fingerprint density at radius 2 is 2.05 bits per heavy atom. The van der Waals surface area contributed by atoms with Crippen LogP contribution < -0.4 is 5.32 Å². The number of amides is 1. The van der Waals surface area contributed by atoms with Crippen molar-refractivity contribution < 1.29 is 23.1 Å². The van der Waals surface area contributed by atoms with E-state index in [-0.39, 0.29) is 6.42 Å². The van der Waals surface area contributed by atoms with Crippen molar-refractivity contribution in [2.45, 2.75) is 31.7 Å². The van der Waals surface area contributed by atoms with Gasteiger partial charge in [0.15, 0.2) is 11.6 Å². The van der Waals surface area contributed by atoms with Gasteiger partial charge in [0.05, 0.1) is 13.5 Å². The van der Waals surface area contributed by atoms with Gasteiger partial charge in [0.2, 0.25) is 5.91 Å². The monoisotopic (exact) mass is 297 g/mol. The molecule has 2 rings (SSSR count). The minimum absolute atomic E-state index is 0.116. The molecule has 1 aliphatic rings. The number of carbonyl (C=O) groups excluding carboxylic acids is 2. The Bertz CT molecular complexity index is 544. The number of carbonyl (C=O) groups is 2. The lowest BCUT2D eigenvalue weighted by Crippen LogP contribution is -2.42. The van der Waals surface area contributed by atoms with E-state index in [1.54, 1.807) is 0 Å². The highest BCUT2D eigenvalue weighted by molar-refractivity contribution is 5.85. The zero-order valence-electron chi connectivity index (χ0n) is 11.7. The van der Waals surface area contributed by atoms with Crippen LogP contribution in [0.15, 0.2) is 18.2 Å². The van der Waals surface area contributed by atoms with Crippen LogP contribution in [0.25, 0.3) is 0 Å². The molecular weight excluding hydrogens is 280 g/mol. The summed E-state index contributed by atoms with van der Waals surface area (Å²) in [6, 6.07) is 2.61. The number of benzene rings is 1. The van der Waals surface area contributed by atoms with Crippen LogP contribution in [0.2, 0.25) is 0 Å². The van der Waals surface area contributed by atoms with Crippen molar-refractivity contribution in [1.29, 1.82) is 0 Å². The van der Waals surface area contributed by atoms with E-state index in [1.807, 2.05) is 0 Å². The highest BCUT2D eigenvalue weighted by Crippen LogP contribution is 2.33. The molecule has 0 saturated heterocycles. The van der Waals surface area contributed by atoms with Gasteiger partial charge in [-0.15, -0.1) is 0 Å². The summed E-state index contributed by atoms with van der Waals surface area (Å²) in [5.41, 5.74) is 0.349. The number of nitrogens with one attached hydrogen (secondary N) is 1. The number of halogens is 2. The lowest BCUT2D eigenvalue weighted by Gasteiger charge is -2.16. The summed E-state index contributed by atoms with van der Waals surface area (Å²) in [6.07, 6.45) is 2.53. The highest BCUT2D eigenvalue weighted by atomic mass is 19.2. The lowest BCUT2D eigenvalue weighted by atomic mass is 10.1. The summed E-state index contributed by atoms with van der Waals surface area (Å²) in [4.78, 5) is 23.5. The molecule has 114 valence electrons. The summed E-state index contributed by atoms with van der Waals surface area (Å²) in [5.74, 6) is -2.42. The van der Waals surface area contributed by atoms with Crippen molar-refractivity contribution in [3.05, 3.63) is 35.4 Å². The number of methoxy groups -OCH3 is 1. The van der Waals surface area contributed by atoms with Crippen molar-refractivity contribution in [2.75, 3.05) is 7.11 Å². The molecular formula is C15H17F2NO3. The first-order valence-corrected chi connectivity index (χ1v) is 6.80. The van der Waals surface area contributed by atoms with Gasteiger partial charge in [-0.1, -0.05) is 18.9 Å². The zero-order valence-corrected chi connectivity index (χ0v) is 11.7. The van der Waals surface area contributed by atoms with Crippen LogP contribution in [0.1, 0.15) is 24.8 Å². The van der Waals surface area contributed by atoms with E-state index in [0.29, 0.717) is 17.9 Å². The van der Waals surface area contributed by atoms with E-state index in [9.17, 15) is 18.4 Å². The van der Waals surface area contributed by atoms with Crippen LogP contribution in [0.3, 0.4) is 0 Å². The van der Waals surface area contributed by atoms with Gasteiger partial charge in [0.25, 0.3) is 0 Å². The maximum absolute atomic E-state index is 13.1. The Balaban J connectivity index is 1.94. The Hall–Kier alpha value is -1.98. The molecule has 0 spiro atoms. The van der Waals surface area contributed by atoms with Crippen LogP contribution >= 0.6 is 0 Å². The fourth-order valence-corrected chi connectivity index (χ4v) is 2.12. The first-order chi connectivity index (χ1) is 9.99. The summed E-state index contributed by atoms with van der Waals surface area (Å²) in [6.45, 7) is 0. The van der Waals surface area contributed by atoms with Crippen molar-refractivity contribution in [3.63, 3.8) is 0 Å². The lowest BCUT2D eigenvalue weighted by molar-refractivity contribution is -0.145. The number of hydrogen-bond donors (Lipinski definition) is 1. The molecule has 1 aliphatic carbocycles. The average molecular weight is 297 g/mol. The summed E-state index contributed by atoms with van der Waals surface area (Å²) >= 11 is 0. The summed E-state index contributed by atoms with van der Waals surface area (Å²) in [5, 5.41) is 2.59. The fourth-order valence-electron chi connectivity index (χ4n) is 2.12. The van der Waals surface area contributed by atoms with Crippen LogP contribution in [0, 0.1) is 17.6 Å². The maximum Gasteiger partial charge on any atom is 0.328 e. The number of esters is 1. The van der Waals surface area contributed by atoms with E-state index in [0.717, 1.165) is 25.0 Å². The molecule has 1 atom stereocenters. The van der Waals surface area contributed by atoms with Gasteiger partial charge >= 0.3 is 5.97 Å². The van der Waals surface area contributed by atoms with Gasteiger partial charge in [-0.3, -0.25) is 4.79 Å². The molecule has 21 heavy (non-hydrogen) atoms. The van der Waals surface area contributed by atoms with Crippen LogP contribution in [0.5, 0.6) is 0 Å². The molecule has 0 aliphatic heterocycles. The Morgan fingerprint density at radius 1 is 1.33 bits per heavy atom. The number of hydrogen-bond acceptors (Lipinski definition) is 3. The minimum atomic E-state index is -0.997. The standard InChI is InChI=1S/C15H17F2NO3/c1-21-15(20)13(7-9-2-3-9)18-14(19)8-10-4-5-11(16)12(17)6-10/h4-6,9,13H,2-3,7-8H2,1H3,(H,18,19)/t13-/m0/s1. The molecule has 1 saturated carbocycles. The van der Waals surface area contributed by atoms with Crippen LogP contribution in [-0.4, -0.2) is 25.0 Å². The molecule has 0 aromatic heterocycles. The van der Waals surface area contributed by atoms with E-state index in [4.69, 9.17) is 0 Å². The van der Waals surface area contributed by atoms with Crippen LogP contribution in [-0.2, 0) is 20.7 Å².